The van der Waals surface area contributed by atoms with Crippen molar-refractivity contribution in [1.82, 2.24) is 0 Å². The Bertz CT molecular complexity index is 663. The molecule has 17 heavy (non-hydrogen) atoms. The van der Waals surface area contributed by atoms with Gasteiger partial charge in [0.15, 0.2) is 0 Å². The van der Waals surface area contributed by atoms with Gasteiger partial charge in [-0.3, -0.25) is 0 Å². The van der Waals surface area contributed by atoms with Crippen molar-refractivity contribution in [3.05, 3.63) is 48.5 Å². The van der Waals surface area contributed by atoms with Crippen molar-refractivity contribution in [2.45, 2.75) is 4.90 Å². The van der Waals surface area contributed by atoms with E-state index < -0.39 is 10.1 Å². The maximum absolute atomic E-state index is 11.2. The van der Waals surface area contributed by atoms with Gasteiger partial charge in [-0.05, 0) is 16.3 Å². The normalized spacial score (nSPS) is 10.9. The van der Waals surface area contributed by atoms with E-state index in [4.69, 9.17) is 0 Å². The fraction of sp³-hybridized carbons (Fsp3) is 0. The molecule has 0 N–H and O–H groups in total. The first-order chi connectivity index (χ1) is 7.54. The summed E-state index contributed by atoms with van der Waals surface area (Å²) in [6.07, 6.45) is 1.37. The van der Waals surface area contributed by atoms with Gasteiger partial charge in [0.2, 0.25) is 0 Å². The predicted octanol–water partition coefficient (Wildman–Crippen LogP) is -0.609. The van der Waals surface area contributed by atoms with Gasteiger partial charge < -0.3 is 4.55 Å². The molecule has 5 heteroatoms. The second-order valence-corrected chi connectivity index (χ2v) is 4.68. The van der Waals surface area contributed by atoms with Gasteiger partial charge in [-0.25, -0.2) is 8.42 Å². The number of benzene rings is 2. The Morgan fingerprint density at radius 1 is 1.12 bits per heavy atom. The van der Waals surface area contributed by atoms with Crippen molar-refractivity contribution in [2.24, 2.45) is 0 Å². The smallest absolute Gasteiger partial charge is 0.744 e. The van der Waals surface area contributed by atoms with E-state index in [2.05, 4.69) is 6.58 Å². The average Bonchev–Trinajstić information content (AvgIpc) is 2.26. The molecule has 0 aliphatic rings. The second-order valence-electron chi connectivity index (χ2n) is 3.36. The fourth-order valence-corrected chi connectivity index (χ4v) is 2.59. The van der Waals surface area contributed by atoms with Gasteiger partial charge in [0.05, 0.1) is 4.90 Å². The van der Waals surface area contributed by atoms with E-state index in [1.54, 1.807) is 36.4 Å². The minimum absolute atomic E-state index is 0. The molecule has 0 aliphatic heterocycles. The molecule has 0 fully saturated rings. The van der Waals surface area contributed by atoms with Gasteiger partial charge in [0.1, 0.15) is 10.1 Å². The van der Waals surface area contributed by atoms with Crippen LogP contribution in [0.2, 0.25) is 0 Å². The zero-order valence-corrected chi connectivity index (χ0v) is 15.1. The molecule has 3 nitrogen and oxygen atoms in total. The first-order valence-corrected chi connectivity index (χ1v) is 6.05. The molecule has 0 unspecified atom stereocenters. The van der Waals surface area contributed by atoms with Gasteiger partial charge in [-0.2, -0.15) is 0 Å². The summed E-state index contributed by atoms with van der Waals surface area (Å²) >= 11 is 0. The van der Waals surface area contributed by atoms with E-state index in [9.17, 15) is 13.0 Å². The van der Waals surface area contributed by atoms with E-state index in [0.29, 0.717) is 10.9 Å². The monoisotopic (exact) mass is 318 g/mol. The van der Waals surface area contributed by atoms with Crippen molar-refractivity contribution >= 4 is 27.0 Å². The summed E-state index contributed by atoms with van der Waals surface area (Å²) in [6, 6.07) is 10.2. The van der Waals surface area contributed by atoms with Crippen molar-refractivity contribution in [3.63, 3.8) is 0 Å². The van der Waals surface area contributed by atoms with Crippen LogP contribution in [-0.4, -0.2) is 13.0 Å². The fourth-order valence-electron chi connectivity index (χ4n) is 1.70. The number of rotatable bonds is 2. The topological polar surface area (TPSA) is 57.2 Å². The second kappa shape index (κ2) is 5.86. The minimum atomic E-state index is -4.49. The van der Waals surface area contributed by atoms with E-state index in [0.717, 1.165) is 5.39 Å². The molecule has 0 saturated carbocycles. The van der Waals surface area contributed by atoms with Crippen LogP contribution in [0.15, 0.2) is 47.9 Å². The molecule has 0 spiro atoms. The van der Waals surface area contributed by atoms with Crippen LogP contribution in [0.5, 0.6) is 0 Å². The zero-order valence-electron chi connectivity index (χ0n) is 9.38. The molecule has 0 heterocycles. The summed E-state index contributed by atoms with van der Waals surface area (Å²) in [7, 11) is -4.49. The molecule has 82 valence electrons. The molecular weight excluding hydrogens is 310 g/mol. The number of hydrogen-bond donors (Lipinski definition) is 0. The standard InChI is InChI=1S/C12H10O3S.Rb/c1-2-9-7-8-10-5-3-4-6-11(10)12(9)16(13,14)15;/h2-8H,1H2,(H,13,14,15);/q;+1/p-1. The Morgan fingerprint density at radius 3 is 2.35 bits per heavy atom. The SMILES string of the molecule is C=Cc1ccc2ccccc2c1S(=O)(=O)[O-].[Rb+]. The van der Waals surface area contributed by atoms with Crippen LogP contribution in [0, 0.1) is 0 Å². The van der Waals surface area contributed by atoms with Crippen molar-refractivity contribution in [2.75, 3.05) is 0 Å². The van der Waals surface area contributed by atoms with Crippen LogP contribution in [0.3, 0.4) is 0 Å². The average molecular weight is 319 g/mol. The molecule has 0 aliphatic carbocycles. The summed E-state index contributed by atoms with van der Waals surface area (Å²) in [4.78, 5) is -0.194. The summed E-state index contributed by atoms with van der Waals surface area (Å²) < 4.78 is 33.7. The van der Waals surface area contributed by atoms with Gasteiger partial charge in [0, 0.05) is 0 Å². The Labute approximate surface area is 149 Å². The van der Waals surface area contributed by atoms with Crippen molar-refractivity contribution in [3.8, 4) is 0 Å². The molecule has 0 amide bonds. The van der Waals surface area contributed by atoms with E-state index >= 15 is 0 Å². The third-order valence-electron chi connectivity index (χ3n) is 2.38. The molecular formula is C12H9O3RbS. The third-order valence-corrected chi connectivity index (χ3v) is 3.34. The Hall–Kier alpha value is 0.155. The minimum Gasteiger partial charge on any atom is -0.744 e. The van der Waals surface area contributed by atoms with Gasteiger partial charge in [-0.1, -0.05) is 49.1 Å². The third kappa shape index (κ3) is 3.13. The molecule has 0 atom stereocenters. The first kappa shape index (κ1) is 15.2. The predicted molar refractivity (Wildman–Crippen MR) is 62.0 cm³/mol. The quantitative estimate of drug-likeness (QED) is 0.694. The van der Waals surface area contributed by atoms with Gasteiger partial charge in [-0.15, -0.1) is 0 Å². The number of fused-ring (bicyclic) bond motifs is 1. The van der Waals surface area contributed by atoms with Gasteiger partial charge in [0.25, 0.3) is 0 Å². The van der Waals surface area contributed by atoms with Gasteiger partial charge >= 0.3 is 58.2 Å². The van der Waals surface area contributed by atoms with Crippen molar-refractivity contribution < 1.29 is 71.2 Å². The molecule has 2 aromatic carbocycles. The molecule has 2 aromatic rings. The Kier molecular flexibility index (Phi) is 5.25. The van der Waals surface area contributed by atoms with Crippen LogP contribution in [0.25, 0.3) is 16.8 Å². The van der Waals surface area contributed by atoms with Crippen LogP contribution >= 0.6 is 0 Å². The molecule has 0 aromatic heterocycles. The summed E-state index contributed by atoms with van der Waals surface area (Å²) in [5.74, 6) is 0. The van der Waals surface area contributed by atoms with Crippen molar-refractivity contribution in [1.29, 1.82) is 0 Å². The summed E-state index contributed by atoms with van der Waals surface area (Å²) in [6.45, 7) is 3.51. The molecule has 0 bridgehead atoms. The maximum atomic E-state index is 11.2. The summed E-state index contributed by atoms with van der Waals surface area (Å²) in [5, 5.41) is 1.16. The van der Waals surface area contributed by atoms with E-state index in [-0.39, 0.29) is 63.1 Å². The Morgan fingerprint density at radius 2 is 1.76 bits per heavy atom. The maximum Gasteiger partial charge on any atom is 1.00 e. The summed E-state index contributed by atoms with van der Waals surface area (Å²) in [5.41, 5.74) is 0.341. The van der Waals surface area contributed by atoms with E-state index in [1.165, 1.54) is 6.08 Å². The van der Waals surface area contributed by atoms with Crippen LogP contribution in [0.1, 0.15) is 5.56 Å². The molecule has 0 saturated heterocycles. The van der Waals surface area contributed by atoms with E-state index in [1.807, 2.05) is 0 Å². The number of hydrogen-bond acceptors (Lipinski definition) is 3. The van der Waals surface area contributed by atoms with Crippen LogP contribution in [0.4, 0.5) is 0 Å². The van der Waals surface area contributed by atoms with Crippen LogP contribution < -0.4 is 58.2 Å². The molecule has 0 radical (unpaired) electrons. The van der Waals surface area contributed by atoms with Crippen LogP contribution in [-0.2, 0) is 10.1 Å². The molecule has 2 rings (SSSR count). The zero-order chi connectivity index (χ0) is 11.8. The first-order valence-electron chi connectivity index (χ1n) is 4.64. The Balaban J connectivity index is 0.00000144. The largest absolute Gasteiger partial charge is 1.00 e.